The van der Waals surface area contributed by atoms with Gasteiger partial charge in [-0.05, 0) is 25.0 Å². The average molecular weight is 361 g/mol. The molecule has 2 aromatic rings. The van der Waals surface area contributed by atoms with Crippen LogP contribution in [0.15, 0.2) is 22.7 Å². The zero-order chi connectivity index (χ0) is 14.0. The Hall–Kier alpha value is -0.910. The molecule has 1 heterocycles. The third kappa shape index (κ3) is 3.16. The van der Waals surface area contributed by atoms with Gasteiger partial charge in [0.25, 0.3) is 0 Å². The summed E-state index contributed by atoms with van der Waals surface area (Å²) < 4.78 is 0.858. The Morgan fingerprint density at radius 3 is 2.84 bits per heavy atom. The second kappa shape index (κ2) is 6.03. The van der Waals surface area contributed by atoms with Crippen LogP contribution in [-0.4, -0.2) is 16.1 Å². The number of halogens is 2. The Morgan fingerprint density at radius 2 is 2.26 bits per heavy atom. The van der Waals surface area contributed by atoms with Crippen LogP contribution in [0.3, 0.4) is 0 Å². The van der Waals surface area contributed by atoms with Gasteiger partial charge in [0.05, 0.1) is 14.9 Å². The number of thiazole rings is 1. The van der Waals surface area contributed by atoms with Crippen LogP contribution < -0.4 is 0 Å². The Kier molecular flexibility index (Phi) is 4.60. The maximum Gasteiger partial charge on any atom is 0.356 e. The van der Waals surface area contributed by atoms with Gasteiger partial charge in [0.2, 0.25) is 0 Å². The van der Waals surface area contributed by atoms with Crippen LogP contribution >= 0.6 is 38.9 Å². The molecule has 0 aliphatic heterocycles. The highest BCUT2D eigenvalue weighted by atomic mass is 79.9. The van der Waals surface area contributed by atoms with Crippen molar-refractivity contribution in [1.82, 2.24) is 4.98 Å². The molecule has 0 aliphatic carbocycles. The van der Waals surface area contributed by atoms with E-state index in [1.807, 2.05) is 19.1 Å². The molecule has 1 N–H and O–H groups in total. The van der Waals surface area contributed by atoms with Gasteiger partial charge in [-0.3, -0.25) is 0 Å². The van der Waals surface area contributed by atoms with Gasteiger partial charge >= 0.3 is 5.97 Å². The largest absolute Gasteiger partial charge is 0.476 e. The summed E-state index contributed by atoms with van der Waals surface area (Å²) in [5, 5.41) is 10.6. The highest BCUT2D eigenvalue weighted by Gasteiger charge is 2.20. The molecule has 6 heteroatoms. The van der Waals surface area contributed by atoms with Crippen molar-refractivity contribution in [2.24, 2.45) is 0 Å². The lowest BCUT2D eigenvalue weighted by Gasteiger charge is -2.02. The number of rotatable bonds is 4. The molecule has 0 aliphatic rings. The predicted octanol–water partition coefficient (Wildman–Crippen LogP) is 4.88. The van der Waals surface area contributed by atoms with Crippen molar-refractivity contribution in [3.8, 4) is 10.4 Å². The second-order valence-electron chi connectivity index (χ2n) is 3.96. The standard InChI is InChI=1S/C13H11BrClNO2S/c1-2-3-10-16-11(13(17)18)12(19-10)8-5-4-7(14)6-9(8)15/h4-6H,2-3H2,1H3,(H,17,18). The van der Waals surface area contributed by atoms with Crippen LogP contribution in [0, 0.1) is 0 Å². The lowest BCUT2D eigenvalue weighted by atomic mass is 10.1. The molecule has 3 nitrogen and oxygen atoms in total. The Balaban J connectivity index is 2.56. The van der Waals surface area contributed by atoms with Crippen molar-refractivity contribution in [2.75, 3.05) is 0 Å². The summed E-state index contributed by atoms with van der Waals surface area (Å²) in [4.78, 5) is 16.1. The minimum atomic E-state index is -1.02. The number of hydrogen-bond donors (Lipinski definition) is 1. The molecule has 0 atom stereocenters. The number of carboxylic acids is 1. The first kappa shape index (κ1) is 14.5. The monoisotopic (exact) mass is 359 g/mol. The summed E-state index contributed by atoms with van der Waals surface area (Å²) in [7, 11) is 0. The van der Waals surface area contributed by atoms with E-state index in [0.29, 0.717) is 15.5 Å². The second-order valence-corrected chi connectivity index (χ2v) is 6.37. The van der Waals surface area contributed by atoms with Crippen molar-refractivity contribution >= 4 is 44.8 Å². The number of aromatic carboxylic acids is 1. The van der Waals surface area contributed by atoms with Gasteiger partial charge < -0.3 is 5.11 Å². The maximum absolute atomic E-state index is 11.3. The molecular formula is C13H11BrClNO2S. The van der Waals surface area contributed by atoms with Crippen molar-refractivity contribution in [3.05, 3.63) is 38.4 Å². The molecule has 1 aromatic carbocycles. The summed E-state index contributed by atoms with van der Waals surface area (Å²) in [5.74, 6) is -1.02. The zero-order valence-electron chi connectivity index (χ0n) is 10.1. The van der Waals surface area contributed by atoms with Crippen molar-refractivity contribution in [2.45, 2.75) is 19.8 Å². The number of aromatic nitrogens is 1. The lowest BCUT2D eigenvalue weighted by Crippen LogP contribution is -1.99. The van der Waals surface area contributed by atoms with Crippen molar-refractivity contribution in [3.63, 3.8) is 0 Å². The van der Waals surface area contributed by atoms with Gasteiger partial charge in [-0.15, -0.1) is 11.3 Å². The number of aryl methyl sites for hydroxylation is 1. The summed E-state index contributed by atoms with van der Waals surface area (Å²) in [6, 6.07) is 5.40. The fraction of sp³-hybridized carbons (Fsp3) is 0.231. The van der Waals surface area contributed by atoms with Gasteiger partial charge in [-0.25, -0.2) is 9.78 Å². The quantitative estimate of drug-likeness (QED) is 0.845. The summed E-state index contributed by atoms with van der Waals surface area (Å²) in [5.41, 5.74) is 0.791. The van der Waals surface area contributed by atoms with Crippen LogP contribution in [0.5, 0.6) is 0 Å². The Bertz CT molecular complexity index is 627. The van der Waals surface area contributed by atoms with E-state index in [4.69, 9.17) is 11.6 Å². The SMILES string of the molecule is CCCc1nc(C(=O)O)c(-c2ccc(Br)cc2Cl)s1. The molecule has 0 spiro atoms. The van der Waals surface area contributed by atoms with Gasteiger partial charge in [-0.1, -0.05) is 40.5 Å². The fourth-order valence-electron chi connectivity index (χ4n) is 1.69. The van der Waals surface area contributed by atoms with E-state index in [0.717, 1.165) is 22.3 Å². The number of hydrogen-bond acceptors (Lipinski definition) is 3. The number of nitrogens with zero attached hydrogens (tertiary/aromatic N) is 1. The van der Waals surface area contributed by atoms with Crippen LogP contribution in [0.2, 0.25) is 5.02 Å². The predicted molar refractivity (Wildman–Crippen MR) is 81.2 cm³/mol. The fourth-order valence-corrected chi connectivity index (χ4v) is 3.71. The smallest absolute Gasteiger partial charge is 0.356 e. The first-order valence-corrected chi connectivity index (χ1v) is 7.70. The van der Waals surface area contributed by atoms with Crippen LogP contribution in [0.4, 0.5) is 0 Å². The lowest BCUT2D eigenvalue weighted by molar-refractivity contribution is 0.0692. The minimum Gasteiger partial charge on any atom is -0.476 e. The Labute approximate surface area is 128 Å². The number of carbonyl (C=O) groups is 1. The van der Waals surface area contributed by atoms with E-state index in [1.54, 1.807) is 6.07 Å². The van der Waals surface area contributed by atoms with E-state index in [-0.39, 0.29) is 5.69 Å². The van der Waals surface area contributed by atoms with E-state index in [2.05, 4.69) is 20.9 Å². The molecule has 0 saturated heterocycles. The molecular weight excluding hydrogens is 350 g/mol. The third-order valence-corrected chi connectivity index (χ3v) is 4.47. The van der Waals surface area contributed by atoms with Crippen molar-refractivity contribution < 1.29 is 9.90 Å². The summed E-state index contributed by atoms with van der Waals surface area (Å²) in [6.45, 7) is 2.04. The molecule has 0 fully saturated rings. The van der Waals surface area contributed by atoms with E-state index < -0.39 is 5.97 Å². The molecule has 100 valence electrons. The third-order valence-electron chi connectivity index (χ3n) is 2.51. The zero-order valence-corrected chi connectivity index (χ0v) is 13.3. The molecule has 0 bridgehead atoms. The molecule has 2 rings (SSSR count). The normalized spacial score (nSPS) is 10.7. The van der Waals surface area contributed by atoms with Crippen LogP contribution in [0.1, 0.15) is 28.8 Å². The minimum absolute atomic E-state index is 0.0812. The highest BCUT2D eigenvalue weighted by molar-refractivity contribution is 9.10. The summed E-state index contributed by atoms with van der Waals surface area (Å²) >= 11 is 10.9. The van der Waals surface area contributed by atoms with Gasteiger partial charge in [0.1, 0.15) is 0 Å². The van der Waals surface area contributed by atoms with Gasteiger partial charge in [0.15, 0.2) is 5.69 Å². The van der Waals surface area contributed by atoms with Gasteiger partial charge in [0, 0.05) is 10.0 Å². The molecule has 1 aromatic heterocycles. The first-order valence-electron chi connectivity index (χ1n) is 5.71. The number of benzene rings is 1. The molecule has 0 unspecified atom stereocenters. The van der Waals surface area contributed by atoms with Crippen molar-refractivity contribution in [1.29, 1.82) is 0 Å². The van der Waals surface area contributed by atoms with E-state index in [1.165, 1.54) is 11.3 Å². The maximum atomic E-state index is 11.3. The van der Waals surface area contributed by atoms with Gasteiger partial charge in [-0.2, -0.15) is 0 Å². The summed E-state index contributed by atoms with van der Waals surface area (Å²) in [6.07, 6.45) is 1.71. The van der Waals surface area contributed by atoms with Crippen LogP contribution in [-0.2, 0) is 6.42 Å². The first-order chi connectivity index (χ1) is 9.02. The highest BCUT2D eigenvalue weighted by Crippen LogP contribution is 2.36. The topological polar surface area (TPSA) is 50.2 Å². The molecule has 19 heavy (non-hydrogen) atoms. The Morgan fingerprint density at radius 1 is 1.53 bits per heavy atom. The molecule has 0 saturated carbocycles. The van der Waals surface area contributed by atoms with E-state index >= 15 is 0 Å². The molecule has 0 radical (unpaired) electrons. The van der Waals surface area contributed by atoms with E-state index in [9.17, 15) is 9.90 Å². The molecule has 0 amide bonds. The number of carboxylic acid groups (broad SMARTS) is 1. The van der Waals surface area contributed by atoms with Crippen LogP contribution in [0.25, 0.3) is 10.4 Å². The average Bonchev–Trinajstić information content (AvgIpc) is 2.73.